The first-order valence-corrected chi connectivity index (χ1v) is 5.77. The summed E-state index contributed by atoms with van der Waals surface area (Å²) in [6, 6.07) is 4.89. The number of anilines is 1. The third kappa shape index (κ3) is 1.75. The lowest BCUT2D eigenvalue weighted by Gasteiger charge is -2.12. The topological polar surface area (TPSA) is 105 Å². The Morgan fingerprint density at radius 1 is 1.26 bits per heavy atom. The number of hydrogen-bond acceptors (Lipinski definition) is 5. The fraction of sp³-hybridized carbons (Fsp3) is 0.167. The van der Waals surface area contributed by atoms with Crippen molar-refractivity contribution in [3.05, 3.63) is 41.5 Å². The second-order valence-electron chi connectivity index (χ2n) is 4.21. The smallest absolute Gasteiger partial charge is 0.263 e. The molecule has 3 rings (SSSR count). The van der Waals surface area contributed by atoms with Gasteiger partial charge in [0.2, 0.25) is 0 Å². The molecule has 0 atom stereocenters. The first kappa shape index (κ1) is 11.4. The molecule has 1 aliphatic heterocycles. The predicted molar refractivity (Wildman–Crippen MR) is 66.3 cm³/mol. The fourth-order valence-corrected chi connectivity index (χ4v) is 2.13. The number of hydrogen-bond donors (Lipinski definition) is 2. The van der Waals surface area contributed by atoms with Crippen molar-refractivity contribution in [1.82, 2.24) is 20.1 Å². The molecule has 0 fully saturated rings. The van der Waals surface area contributed by atoms with Gasteiger partial charge in [-0.15, -0.1) is 0 Å². The standard InChI is InChI=1S/C12H11N5O2/c13-8-3-1-2-7-10(8)12(19)17(11(7)18)5-4-9-14-6-15-16-9/h1-3,6H,4-5,13H2,(H,14,15,16). The maximum Gasteiger partial charge on any atom is 0.263 e. The van der Waals surface area contributed by atoms with E-state index in [0.717, 1.165) is 0 Å². The number of amides is 2. The maximum atomic E-state index is 12.2. The van der Waals surface area contributed by atoms with Crippen LogP contribution in [0.5, 0.6) is 0 Å². The van der Waals surface area contributed by atoms with Crippen molar-refractivity contribution in [2.24, 2.45) is 0 Å². The van der Waals surface area contributed by atoms with Crippen molar-refractivity contribution in [2.75, 3.05) is 12.3 Å². The van der Waals surface area contributed by atoms with Crippen molar-refractivity contribution in [3.8, 4) is 0 Å². The van der Waals surface area contributed by atoms with Gasteiger partial charge < -0.3 is 5.73 Å². The van der Waals surface area contributed by atoms with E-state index in [1.165, 1.54) is 11.2 Å². The lowest BCUT2D eigenvalue weighted by atomic mass is 10.1. The number of fused-ring (bicyclic) bond motifs is 1. The highest BCUT2D eigenvalue weighted by Crippen LogP contribution is 2.27. The number of carbonyl (C=O) groups is 2. The van der Waals surface area contributed by atoms with Crippen LogP contribution < -0.4 is 5.73 Å². The molecule has 3 N–H and O–H groups in total. The summed E-state index contributed by atoms with van der Waals surface area (Å²) in [5.74, 6) is -0.0334. The van der Waals surface area contributed by atoms with Crippen molar-refractivity contribution in [1.29, 1.82) is 0 Å². The van der Waals surface area contributed by atoms with Crippen LogP contribution in [0.15, 0.2) is 24.5 Å². The van der Waals surface area contributed by atoms with E-state index in [1.807, 2.05) is 0 Å². The Labute approximate surface area is 108 Å². The number of nitrogens with zero attached hydrogens (tertiary/aromatic N) is 3. The van der Waals surface area contributed by atoms with Crippen LogP contribution >= 0.6 is 0 Å². The summed E-state index contributed by atoms with van der Waals surface area (Å²) < 4.78 is 0. The van der Waals surface area contributed by atoms with E-state index < -0.39 is 0 Å². The van der Waals surface area contributed by atoms with Crippen LogP contribution in [-0.4, -0.2) is 38.4 Å². The Balaban J connectivity index is 1.84. The number of aromatic amines is 1. The summed E-state index contributed by atoms with van der Waals surface area (Å²) >= 11 is 0. The molecule has 0 unspecified atom stereocenters. The molecule has 96 valence electrons. The first-order valence-electron chi connectivity index (χ1n) is 5.77. The molecule has 7 heteroatoms. The largest absolute Gasteiger partial charge is 0.398 e. The van der Waals surface area contributed by atoms with Gasteiger partial charge in [0.25, 0.3) is 11.8 Å². The van der Waals surface area contributed by atoms with Crippen LogP contribution in [0.4, 0.5) is 5.69 Å². The Morgan fingerprint density at radius 3 is 2.79 bits per heavy atom. The Kier molecular flexibility index (Phi) is 2.52. The number of nitrogens with two attached hydrogens (primary N) is 1. The number of nitrogen functional groups attached to an aromatic ring is 1. The summed E-state index contributed by atoms with van der Waals surface area (Å²) in [6.45, 7) is 0.251. The molecule has 0 aliphatic carbocycles. The molecule has 0 radical (unpaired) electrons. The van der Waals surface area contributed by atoms with Gasteiger partial charge in [-0.3, -0.25) is 19.6 Å². The first-order chi connectivity index (χ1) is 9.18. The zero-order valence-corrected chi connectivity index (χ0v) is 9.96. The summed E-state index contributed by atoms with van der Waals surface area (Å²) in [4.78, 5) is 29.4. The zero-order valence-electron chi connectivity index (χ0n) is 9.96. The van der Waals surface area contributed by atoms with E-state index in [4.69, 9.17) is 5.73 Å². The molecule has 0 saturated carbocycles. The second-order valence-corrected chi connectivity index (χ2v) is 4.21. The van der Waals surface area contributed by atoms with Crippen LogP contribution in [0.1, 0.15) is 26.5 Å². The van der Waals surface area contributed by atoms with Gasteiger partial charge in [-0.05, 0) is 12.1 Å². The van der Waals surface area contributed by atoms with Gasteiger partial charge >= 0.3 is 0 Å². The Hall–Kier alpha value is -2.70. The highest BCUT2D eigenvalue weighted by atomic mass is 16.2. The Bertz CT molecular complexity index is 650. The number of carbonyl (C=O) groups excluding carboxylic acids is 2. The molecule has 1 aromatic carbocycles. The number of benzene rings is 1. The van der Waals surface area contributed by atoms with Crippen LogP contribution in [-0.2, 0) is 6.42 Å². The van der Waals surface area contributed by atoms with Gasteiger partial charge in [-0.25, -0.2) is 4.98 Å². The van der Waals surface area contributed by atoms with Crippen molar-refractivity contribution < 1.29 is 9.59 Å². The van der Waals surface area contributed by atoms with Gasteiger partial charge in [0.15, 0.2) is 0 Å². The van der Waals surface area contributed by atoms with Crippen LogP contribution in [0.3, 0.4) is 0 Å². The number of rotatable bonds is 3. The molecule has 0 bridgehead atoms. The lowest BCUT2D eigenvalue weighted by Crippen LogP contribution is -2.32. The van der Waals surface area contributed by atoms with Crippen molar-refractivity contribution >= 4 is 17.5 Å². The molecule has 2 heterocycles. The Morgan fingerprint density at radius 2 is 2.11 bits per heavy atom. The average molecular weight is 257 g/mol. The minimum absolute atomic E-state index is 0.251. The van der Waals surface area contributed by atoms with E-state index in [2.05, 4.69) is 15.2 Å². The van der Waals surface area contributed by atoms with Crippen LogP contribution in [0, 0.1) is 0 Å². The summed E-state index contributed by atoms with van der Waals surface area (Å²) in [5.41, 5.74) is 6.74. The quantitative estimate of drug-likeness (QED) is 0.604. The minimum atomic E-state index is -0.349. The van der Waals surface area contributed by atoms with Gasteiger partial charge in [0.1, 0.15) is 12.2 Å². The van der Waals surface area contributed by atoms with Crippen LogP contribution in [0.25, 0.3) is 0 Å². The van der Waals surface area contributed by atoms with E-state index in [0.29, 0.717) is 29.1 Å². The molecule has 2 amide bonds. The molecule has 7 nitrogen and oxygen atoms in total. The molecule has 1 aliphatic rings. The van der Waals surface area contributed by atoms with Gasteiger partial charge in [-0.1, -0.05) is 6.07 Å². The monoisotopic (exact) mass is 257 g/mol. The van der Waals surface area contributed by atoms with E-state index in [-0.39, 0.29) is 18.4 Å². The molecule has 1 aromatic heterocycles. The van der Waals surface area contributed by atoms with E-state index in [9.17, 15) is 9.59 Å². The molecular weight excluding hydrogens is 246 g/mol. The summed E-state index contributed by atoms with van der Waals surface area (Å²) in [7, 11) is 0. The van der Waals surface area contributed by atoms with Crippen LogP contribution in [0.2, 0.25) is 0 Å². The number of nitrogens with one attached hydrogen (secondary N) is 1. The second kappa shape index (κ2) is 4.20. The normalized spacial score (nSPS) is 14.0. The summed E-state index contributed by atoms with van der Waals surface area (Å²) in [6.07, 6.45) is 1.82. The SMILES string of the molecule is Nc1cccc2c1C(=O)N(CCc1ncn[nH]1)C2=O. The number of H-pyrrole nitrogens is 1. The highest BCUT2D eigenvalue weighted by Gasteiger charge is 2.36. The van der Waals surface area contributed by atoms with Gasteiger partial charge in [-0.2, -0.15) is 5.10 Å². The zero-order chi connectivity index (χ0) is 13.4. The fourth-order valence-electron chi connectivity index (χ4n) is 2.13. The predicted octanol–water partition coefficient (Wildman–Crippen LogP) is 0.226. The lowest BCUT2D eigenvalue weighted by molar-refractivity contribution is 0.0656. The average Bonchev–Trinajstić information content (AvgIpc) is 2.98. The van der Waals surface area contributed by atoms with Gasteiger partial charge in [0, 0.05) is 18.7 Å². The number of aromatic nitrogens is 3. The molecule has 0 spiro atoms. The van der Waals surface area contributed by atoms with E-state index >= 15 is 0 Å². The number of imide groups is 1. The van der Waals surface area contributed by atoms with Gasteiger partial charge in [0.05, 0.1) is 11.1 Å². The minimum Gasteiger partial charge on any atom is -0.398 e. The third-order valence-electron chi connectivity index (χ3n) is 3.07. The maximum absolute atomic E-state index is 12.2. The summed E-state index contributed by atoms with van der Waals surface area (Å²) in [5, 5.41) is 6.40. The molecule has 2 aromatic rings. The third-order valence-corrected chi connectivity index (χ3v) is 3.07. The van der Waals surface area contributed by atoms with Crippen molar-refractivity contribution in [2.45, 2.75) is 6.42 Å². The molecule has 0 saturated heterocycles. The molecular formula is C12H11N5O2. The van der Waals surface area contributed by atoms with E-state index in [1.54, 1.807) is 18.2 Å². The van der Waals surface area contributed by atoms with Crippen molar-refractivity contribution in [3.63, 3.8) is 0 Å². The highest BCUT2D eigenvalue weighted by molar-refractivity contribution is 6.23. The molecule has 19 heavy (non-hydrogen) atoms.